The van der Waals surface area contributed by atoms with Gasteiger partial charge in [-0.25, -0.2) is 16.8 Å². The van der Waals surface area contributed by atoms with Crippen LogP contribution in [-0.2, 0) is 29.5 Å². The zero-order chi connectivity index (χ0) is 21.0. The third kappa shape index (κ3) is 9.86. The molecule has 0 spiro atoms. The van der Waals surface area contributed by atoms with Crippen molar-refractivity contribution in [1.29, 1.82) is 0 Å². The highest BCUT2D eigenvalue weighted by Crippen LogP contribution is 2.36. The van der Waals surface area contributed by atoms with E-state index in [1.165, 1.54) is 0 Å². The molecule has 1 unspecified atom stereocenters. The van der Waals surface area contributed by atoms with Crippen LogP contribution in [-0.4, -0.2) is 85.9 Å². The lowest BCUT2D eigenvalue weighted by Crippen LogP contribution is -2.37. The molecule has 1 aliphatic rings. The molecule has 0 aromatic rings. The Balaban J connectivity index is 0.000000502. The Bertz CT molecular complexity index is 607. The standard InChI is InChI=1S/C8H18NO2.C2F6NO4S2/c1-9(2,3)4-5-10-6-8-7-11-8;3-1(4,5)14(10,11)9-15(12,13)2(6,7)8/h8H,4-7H2,1-3H3;/q+1;-1. The molecule has 0 N–H and O–H groups in total. The van der Waals surface area contributed by atoms with E-state index in [-0.39, 0.29) is 0 Å². The zero-order valence-electron chi connectivity index (χ0n) is 13.8. The first-order valence-corrected chi connectivity index (χ1v) is 9.53. The van der Waals surface area contributed by atoms with Gasteiger partial charge in [-0.2, -0.15) is 26.3 Å². The molecule has 0 bridgehead atoms. The van der Waals surface area contributed by atoms with Crippen molar-refractivity contribution in [2.45, 2.75) is 17.1 Å². The summed E-state index contributed by atoms with van der Waals surface area (Å²) in [4.78, 5) is 0. The maximum atomic E-state index is 11.4. The molecule has 0 saturated carbocycles. The summed E-state index contributed by atoms with van der Waals surface area (Å²) >= 11 is 0. The average Bonchev–Trinajstić information content (AvgIpc) is 3.14. The first-order valence-electron chi connectivity index (χ1n) is 6.65. The molecule has 16 heteroatoms. The minimum atomic E-state index is -6.72. The van der Waals surface area contributed by atoms with Crippen LogP contribution in [0.4, 0.5) is 26.3 Å². The highest BCUT2D eigenvalue weighted by Gasteiger charge is 2.46. The van der Waals surface area contributed by atoms with Crippen LogP contribution >= 0.6 is 0 Å². The fraction of sp³-hybridized carbons (Fsp3) is 1.00. The molecule has 0 aliphatic carbocycles. The van der Waals surface area contributed by atoms with Crippen molar-refractivity contribution in [2.75, 3.05) is 47.5 Å². The number of likely N-dealkylation sites (N-methyl/N-ethyl adjacent to an activating group) is 1. The first kappa shape index (κ1) is 25.3. The van der Waals surface area contributed by atoms with Crippen molar-refractivity contribution >= 4 is 20.0 Å². The van der Waals surface area contributed by atoms with E-state index in [9.17, 15) is 43.2 Å². The third-order valence-electron chi connectivity index (χ3n) is 2.39. The summed E-state index contributed by atoms with van der Waals surface area (Å²) in [6.45, 7) is 3.57. The van der Waals surface area contributed by atoms with Crippen LogP contribution in [0.3, 0.4) is 0 Å². The van der Waals surface area contributed by atoms with E-state index in [0.29, 0.717) is 6.10 Å². The highest BCUT2D eigenvalue weighted by molar-refractivity contribution is 8.13. The second-order valence-corrected chi connectivity index (χ2v) is 9.38. The van der Waals surface area contributed by atoms with Crippen molar-refractivity contribution in [3.05, 3.63) is 4.13 Å². The smallest absolute Gasteiger partial charge is 0.421 e. The minimum absolute atomic E-state index is 0.405. The van der Waals surface area contributed by atoms with Gasteiger partial charge in [0.05, 0.1) is 41.0 Å². The molecule has 0 aromatic carbocycles. The molecule has 158 valence electrons. The van der Waals surface area contributed by atoms with Crippen LogP contribution in [0.25, 0.3) is 4.13 Å². The number of nitrogens with zero attached hydrogens (tertiary/aromatic N) is 2. The van der Waals surface area contributed by atoms with Crippen LogP contribution in [0.1, 0.15) is 0 Å². The molecule has 0 aromatic heterocycles. The van der Waals surface area contributed by atoms with Crippen LogP contribution < -0.4 is 0 Å². The van der Waals surface area contributed by atoms with Crippen LogP contribution in [0.15, 0.2) is 0 Å². The number of hydrogen-bond acceptors (Lipinski definition) is 6. The number of sulfonamides is 2. The number of rotatable bonds is 7. The number of halogens is 6. The highest BCUT2D eigenvalue weighted by atomic mass is 32.3. The summed E-state index contributed by atoms with van der Waals surface area (Å²) in [5.74, 6) is 0. The van der Waals surface area contributed by atoms with Gasteiger partial charge >= 0.3 is 11.0 Å². The van der Waals surface area contributed by atoms with Gasteiger partial charge in [0, 0.05) is 0 Å². The molecule has 1 rings (SSSR count). The monoisotopic (exact) mass is 440 g/mol. The molecular formula is C10H18F6N2O6S2. The summed E-state index contributed by atoms with van der Waals surface area (Å²) < 4.78 is 121. The number of ether oxygens (including phenoxy) is 2. The molecular weight excluding hydrogens is 422 g/mol. The van der Waals surface area contributed by atoms with Crippen molar-refractivity contribution in [3.8, 4) is 0 Å². The Hall–Kier alpha value is -0.680. The Labute approximate surface area is 146 Å². The van der Waals surface area contributed by atoms with Crippen molar-refractivity contribution in [3.63, 3.8) is 0 Å². The molecule has 1 saturated heterocycles. The lowest BCUT2D eigenvalue weighted by atomic mass is 10.5. The van der Waals surface area contributed by atoms with Crippen LogP contribution in [0.2, 0.25) is 0 Å². The topological polar surface area (TPSA) is 104 Å². The number of quaternary nitrogens is 1. The fourth-order valence-electron chi connectivity index (χ4n) is 0.931. The molecule has 1 aliphatic heterocycles. The molecule has 8 nitrogen and oxygen atoms in total. The Kier molecular flexibility index (Phi) is 8.33. The molecule has 1 fully saturated rings. The van der Waals surface area contributed by atoms with E-state index in [0.717, 1.165) is 35.0 Å². The lowest BCUT2D eigenvalue weighted by molar-refractivity contribution is -0.870. The van der Waals surface area contributed by atoms with E-state index in [1.807, 2.05) is 0 Å². The predicted molar refractivity (Wildman–Crippen MR) is 76.8 cm³/mol. The first-order chi connectivity index (χ1) is 11.3. The SMILES string of the molecule is C[N+](C)(C)CCOCC1CO1.O=S(=O)([N-]S(=O)(=O)C(F)(F)F)C(F)(F)F. The number of epoxide rings is 1. The van der Waals surface area contributed by atoms with Crippen LogP contribution in [0, 0.1) is 0 Å². The quantitative estimate of drug-likeness (QED) is 0.255. The van der Waals surface area contributed by atoms with E-state index >= 15 is 0 Å². The lowest BCUT2D eigenvalue weighted by Gasteiger charge is -2.23. The Morgan fingerprint density at radius 3 is 1.65 bits per heavy atom. The summed E-state index contributed by atoms with van der Waals surface area (Å²) in [5, 5.41) is 0. The zero-order valence-corrected chi connectivity index (χ0v) is 15.5. The van der Waals surface area contributed by atoms with Gasteiger partial charge < -0.3 is 18.1 Å². The summed E-state index contributed by atoms with van der Waals surface area (Å²) in [5.41, 5.74) is -12.4. The van der Waals surface area contributed by atoms with Crippen molar-refractivity contribution in [1.82, 2.24) is 0 Å². The van der Waals surface area contributed by atoms with Crippen LogP contribution in [0.5, 0.6) is 0 Å². The van der Waals surface area contributed by atoms with Gasteiger partial charge in [-0.3, -0.25) is 0 Å². The maximum absolute atomic E-state index is 11.4. The number of alkyl halides is 6. The summed E-state index contributed by atoms with van der Waals surface area (Å²) in [6, 6.07) is 0. The van der Waals surface area contributed by atoms with E-state index in [2.05, 4.69) is 21.1 Å². The van der Waals surface area contributed by atoms with Gasteiger partial charge in [-0.1, -0.05) is 0 Å². The van der Waals surface area contributed by atoms with Crippen molar-refractivity contribution in [2.24, 2.45) is 0 Å². The van der Waals surface area contributed by atoms with Gasteiger partial charge in [0.15, 0.2) is 20.0 Å². The predicted octanol–water partition coefficient (Wildman–Crippen LogP) is 1.17. The van der Waals surface area contributed by atoms with Gasteiger partial charge in [-0.05, 0) is 0 Å². The fourth-order valence-corrected chi connectivity index (χ4v) is 2.64. The van der Waals surface area contributed by atoms with E-state index in [4.69, 9.17) is 9.47 Å². The van der Waals surface area contributed by atoms with Gasteiger partial charge in [0.25, 0.3) is 0 Å². The second kappa shape index (κ2) is 8.55. The van der Waals surface area contributed by atoms with E-state index in [1.54, 1.807) is 0 Å². The normalized spacial score (nSPS) is 18.9. The van der Waals surface area contributed by atoms with Gasteiger partial charge in [-0.15, -0.1) is 0 Å². The average molecular weight is 440 g/mol. The van der Waals surface area contributed by atoms with Gasteiger partial charge in [0.2, 0.25) is 0 Å². The summed E-state index contributed by atoms with van der Waals surface area (Å²) in [6.07, 6.45) is 0.405. The molecule has 0 amide bonds. The Morgan fingerprint density at radius 1 is 1.00 bits per heavy atom. The molecule has 1 heterocycles. The molecule has 1 atom stereocenters. The Morgan fingerprint density at radius 2 is 1.38 bits per heavy atom. The summed E-state index contributed by atoms with van der Waals surface area (Å²) in [7, 11) is -6.95. The molecule has 0 radical (unpaired) electrons. The second-order valence-electron chi connectivity index (χ2n) is 5.96. The number of hydrogen-bond donors (Lipinski definition) is 0. The minimum Gasteiger partial charge on any atom is -0.421 e. The largest absolute Gasteiger partial charge is 0.480 e. The molecule has 26 heavy (non-hydrogen) atoms. The third-order valence-corrected chi connectivity index (χ3v) is 5.13. The van der Waals surface area contributed by atoms with E-state index < -0.39 is 31.1 Å². The maximum Gasteiger partial charge on any atom is 0.480 e. The van der Waals surface area contributed by atoms with Crippen molar-refractivity contribution < 1.29 is 57.1 Å². The van der Waals surface area contributed by atoms with Gasteiger partial charge in [0.1, 0.15) is 12.6 Å².